The maximum absolute atomic E-state index is 13.2. The number of benzene rings is 2. The van der Waals surface area contributed by atoms with Crippen molar-refractivity contribution in [1.29, 1.82) is 0 Å². The molecular weight excluding hydrogens is 389 g/mol. The van der Waals surface area contributed by atoms with Gasteiger partial charge in [0.2, 0.25) is 0 Å². The number of hydrogen-bond acceptors (Lipinski definition) is 6. The standard InChI is InChI=1S/C16H15F3N2O5S/c1-26-11-7-6-10(12(8-11)16(17,18)19)9-20-13-4-3-5-14(27(2,24)25)15(13)21(22)23/h3-8,20H,9H2,1-2H3. The van der Waals surface area contributed by atoms with E-state index in [1.807, 2.05) is 0 Å². The minimum Gasteiger partial charge on any atom is -0.497 e. The van der Waals surface area contributed by atoms with Crippen molar-refractivity contribution >= 4 is 21.2 Å². The number of hydrogen-bond donors (Lipinski definition) is 1. The fourth-order valence-electron chi connectivity index (χ4n) is 2.44. The number of halogens is 3. The number of para-hydroxylation sites is 1. The topological polar surface area (TPSA) is 98.5 Å². The molecule has 2 rings (SSSR count). The summed E-state index contributed by atoms with van der Waals surface area (Å²) < 4.78 is 68.0. The summed E-state index contributed by atoms with van der Waals surface area (Å²) in [5, 5.41) is 13.8. The second-order valence-electron chi connectivity index (χ2n) is 5.56. The Bertz CT molecular complexity index is 975. The largest absolute Gasteiger partial charge is 0.497 e. The molecule has 0 aliphatic rings. The summed E-state index contributed by atoms with van der Waals surface area (Å²) >= 11 is 0. The number of ether oxygens (including phenoxy) is 1. The summed E-state index contributed by atoms with van der Waals surface area (Å²) in [5.41, 5.74) is -2.06. The van der Waals surface area contributed by atoms with Gasteiger partial charge in [-0.25, -0.2) is 8.42 Å². The molecule has 0 amide bonds. The Morgan fingerprint density at radius 3 is 2.41 bits per heavy atom. The summed E-state index contributed by atoms with van der Waals surface area (Å²) in [6.45, 7) is -0.410. The maximum atomic E-state index is 13.2. The normalized spacial score (nSPS) is 11.9. The molecule has 0 spiro atoms. The first kappa shape index (κ1) is 20.5. The number of methoxy groups -OCH3 is 1. The minimum atomic E-state index is -4.66. The molecule has 146 valence electrons. The molecule has 0 radical (unpaired) electrons. The molecule has 7 nitrogen and oxygen atoms in total. The van der Waals surface area contributed by atoms with Crippen molar-refractivity contribution < 1.29 is 31.2 Å². The molecule has 0 heterocycles. The number of alkyl halides is 3. The highest BCUT2D eigenvalue weighted by Crippen LogP contribution is 2.36. The van der Waals surface area contributed by atoms with Crippen LogP contribution in [0.5, 0.6) is 5.75 Å². The van der Waals surface area contributed by atoms with Gasteiger partial charge in [0.1, 0.15) is 16.3 Å². The van der Waals surface area contributed by atoms with Crippen molar-refractivity contribution in [2.75, 3.05) is 18.7 Å². The molecule has 0 unspecified atom stereocenters. The Balaban J connectivity index is 2.45. The van der Waals surface area contributed by atoms with Gasteiger partial charge in [-0.05, 0) is 29.8 Å². The van der Waals surface area contributed by atoms with Crippen LogP contribution in [0.1, 0.15) is 11.1 Å². The highest BCUT2D eigenvalue weighted by Gasteiger charge is 2.34. The summed E-state index contributed by atoms with van der Waals surface area (Å²) in [5.74, 6) is 0.0103. The first-order valence-corrected chi connectivity index (χ1v) is 9.29. The van der Waals surface area contributed by atoms with Crippen LogP contribution in [0.4, 0.5) is 24.5 Å². The van der Waals surface area contributed by atoms with Gasteiger partial charge in [0.25, 0.3) is 0 Å². The zero-order valence-electron chi connectivity index (χ0n) is 14.2. The van der Waals surface area contributed by atoms with Crippen LogP contribution in [0.15, 0.2) is 41.3 Å². The predicted octanol–water partition coefficient (Wildman–Crippen LogP) is 3.64. The number of rotatable bonds is 6. The SMILES string of the molecule is COc1ccc(CNc2cccc(S(C)(=O)=O)c2[N+](=O)[O-])c(C(F)(F)F)c1. The van der Waals surface area contributed by atoms with Gasteiger partial charge in [-0.15, -0.1) is 0 Å². The number of nitro benzene ring substituents is 1. The van der Waals surface area contributed by atoms with Crippen LogP contribution in [-0.4, -0.2) is 26.7 Å². The summed E-state index contributed by atoms with van der Waals surface area (Å²) in [4.78, 5) is 9.90. The number of nitrogens with zero attached hydrogens (tertiary/aromatic N) is 1. The Kier molecular flexibility index (Phi) is 5.64. The lowest BCUT2D eigenvalue weighted by Gasteiger charge is -2.15. The number of sulfone groups is 1. The molecule has 1 N–H and O–H groups in total. The highest BCUT2D eigenvalue weighted by molar-refractivity contribution is 7.90. The molecule has 2 aromatic carbocycles. The van der Waals surface area contributed by atoms with Crippen molar-refractivity contribution in [3.05, 3.63) is 57.6 Å². The number of anilines is 1. The molecule has 27 heavy (non-hydrogen) atoms. The van der Waals surface area contributed by atoms with Crippen LogP contribution in [-0.2, 0) is 22.6 Å². The first-order valence-electron chi connectivity index (χ1n) is 7.40. The Morgan fingerprint density at radius 1 is 1.22 bits per heavy atom. The molecule has 0 aliphatic carbocycles. The molecule has 0 aliphatic heterocycles. The third-order valence-corrected chi connectivity index (χ3v) is 4.80. The van der Waals surface area contributed by atoms with Crippen LogP contribution < -0.4 is 10.1 Å². The zero-order valence-corrected chi connectivity index (χ0v) is 15.0. The van der Waals surface area contributed by atoms with Crippen molar-refractivity contribution in [3.63, 3.8) is 0 Å². The van der Waals surface area contributed by atoms with Gasteiger partial charge in [-0.1, -0.05) is 12.1 Å². The van der Waals surface area contributed by atoms with Crippen molar-refractivity contribution in [3.8, 4) is 5.75 Å². The molecule has 0 saturated carbocycles. The van der Waals surface area contributed by atoms with Gasteiger partial charge in [-0.2, -0.15) is 13.2 Å². The van der Waals surface area contributed by atoms with Gasteiger partial charge < -0.3 is 10.1 Å². The monoisotopic (exact) mass is 404 g/mol. The fourth-order valence-corrected chi connectivity index (χ4v) is 3.31. The van der Waals surface area contributed by atoms with Gasteiger partial charge >= 0.3 is 11.9 Å². The quantitative estimate of drug-likeness (QED) is 0.583. The van der Waals surface area contributed by atoms with E-state index < -0.39 is 43.6 Å². The third-order valence-electron chi connectivity index (χ3n) is 3.67. The molecule has 0 atom stereocenters. The van der Waals surface area contributed by atoms with Crippen LogP contribution in [0.3, 0.4) is 0 Å². The lowest BCUT2D eigenvalue weighted by Crippen LogP contribution is -2.13. The van der Waals surface area contributed by atoms with E-state index in [1.54, 1.807) is 0 Å². The molecule has 2 aromatic rings. The van der Waals surface area contributed by atoms with E-state index in [1.165, 1.54) is 31.4 Å². The van der Waals surface area contributed by atoms with Crippen molar-refractivity contribution in [2.45, 2.75) is 17.6 Å². The predicted molar refractivity (Wildman–Crippen MR) is 91.5 cm³/mol. The van der Waals surface area contributed by atoms with Crippen molar-refractivity contribution in [2.24, 2.45) is 0 Å². The average molecular weight is 404 g/mol. The second-order valence-corrected chi connectivity index (χ2v) is 7.54. The van der Waals surface area contributed by atoms with Gasteiger partial charge in [0.05, 0.1) is 17.6 Å². The summed E-state index contributed by atoms with van der Waals surface area (Å²) in [7, 11) is -2.67. The lowest BCUT2D eigenvalue weighted by atomic mass is 10.1. The molecule has 0 fully saturated rings. The van der Waals surface area contributed by atoms with Crippen LogP contribution in [0, 0.1) is 10.1 Å². The van der Waals surface area contributed by atoms with E-state index >= 15 is 0 Å². The fraction of sp³-hybridized carbons (Fsp3) is 0.250. The maximum Gasteiger partial charge on any atom is 0.416 e. The van der Waals surface area contributed by atoms with E-state index in [0.29, 0.717) is 0 Å². The summed E-state index contributed by atoms with van der Waals surface area (Å²) in [6.07, 6.45) is -3.85. The van der Waals surface area contributed by atoms with Gasteiger partial charge in [0, 0.05) is 12.8 Å². The van der Waals surface area contributed by atoms with Crippen molar-refractivity contribution in [1.82, 2.24) is 0 Å². The molecular formula is C16H15F3N2O5S. The van der Waals surface area contributed by atoms with Crippen LogP contribution >= 0.6 is 0 Å². The molecule has 0 aromatic heterocycles. The third kappa shape index (κ3) is 4.67. The lowest BCUT2D eigenvalue weighted by molar-refractivity contribution is -0.386. The average Bonchev–Trinajstić information content (AvgIpc) is 2.57. The van der Waals surface area contributed by atoms with E-state index in [2.05, 4.69) is 5.32 Å². The van der Waals surface area contributed by atoms with Gasteiger partial charge in [-0.3, -0.25) is 10.1 Å². The molecule has 11 heteroatoms. The number of nitrogens with one attached hydrogen (secondary N) is 1. The van der Waals surface area contributed by atoms with Crippen LogP contribution in [0.2, 0.25) is 0 Å². The molecule has 0 saturated heterocycles. The van der Waals surface area contributed by atoms with E-state index in [4.69, 9.17) is 4.74 Å². The van der Waals surface area contributed by atoms with Crippen LogP contribution in [0.25, 0.3) is 0 Å². The number of nitro groups is 1. The Hall–Kier alpha value is -2.82. The van der Waals surface area contributed by atoms with E-state index in [0.717, 1.165) is 18.4 Å². The minimum absolute atomic E-state index is 0.0103. The smallest absolute Gasteiger partial charge is 0.416 e. The second kappa shape index (κ2) is 7.43. The first-order chi connectivity index (χ1) is 12.4. The zero-order chi connectivity index (χ0) is 20.4. The highest BCUT2D eigenvalue weighted by atomic mass is 32.2. The van der Waals surface area contributed by atoms with E-state index in [9.17, 15) is 31.7 Å². The summed E-state index contributed by atoms with van der Waals surface area (Å²) in [6, 6.07) is 6.88. The molecule has 0 bridgehead atoms. The van der Waals surface area contributed by atoms with E-state index in [-0.39, 0.29) is 17.0 Å². The van der Waals surface area contributed by atoms with Gasteiger partial charge in [0.15, 0.2) is 9.84 Å². The Labute approximate surface area is 152 Å². The Morgan fingerprint density at radius 2 is 1.89 bits per heavy atom.